The van der Waals surface area contributed by atoms with Crippen molar-refractivity contribution in [3.8, 4) is 0 Å². The predicted octanol–water partition coefficient (Wildman–Crippen LogP) is 4.04. The van der Waals surface area contributed by atoms with E-state index in [1.165, 1.54) is 16.8 Å². The van der Waals surface area contributed by atoms with Gasteiger partial charge >= 0.3 is 0 Å². The molecule has 1 aromatic rings. The zero-order valence-corrected chi connectivity index (χ0v) is 12.5. The van der Waals surface area contributed by atoms with E-state index in [0.29, 0.717) is 0 Å². The van der Waals surface area contributed by atoms with Gasteiger partial charge in [0.25, 0.3) is 0 Å². The zero-order chi connectivity index (χ0) is 13.6. The first-order valence-corrected chi connectivity index (χ1v) is 6.93. The maximum absolute atomic E-state index is 5.45. The van der Waals surface area contributed by atoms with Crippen molar-refractivity contribution in [3.63, 3.8) is 0 Å². The van der Waals surface area contributed by atoms with Gasteiger partial charge < -0.3 is 10.1 Å². The molecule has 0 spiro atoms. The Balaban J connectivity index is 2.71. The third-order valence-corrected chi connectivity index (χ3v) is 3.58. The van der Waals surface area contributed by atoms with Gasteiger partial charge in [0, 0.05) is 19.3 Å². The van der Waals surface area contributed by atoms with E-state index in [0.717, 1.165) is 25.8 Å². The summed E-state index contributed by atoms with van der Waals surface area (Å²) in [5, 5.41) is 3.59. The molecule has 0 saturated carbocycles. The molecule has 0 radical (unpaired) electrons. The Hall–Kier alpha value is -1.02. The van der Waals surface area contributed by atoms with E-state index < -0.39 is 0 Å². The molecule has 18 heavy (non-hydrogen) atoms. The molecule has 2 heteroatoms. The Morgan fingerprint density at radius 3 is 2.11 bits per heavy atom. The highest BCUT2D eigenvalue weighted by molar-refractivity contribution is 5.57. The topological polar surface area (TPSA) is 21.3 Å². The lowest BCUT2D eigenvalue weighted by Crippen LogP contribution is -2.26. The number of methoxy groups -OCH3 is 1. The van der Waals surface area contributed by atoms with Crippen LogP contribution in [0.25, 0.3) is 0 Å². The van der Waals surface area contributed by atoms with Gasteiger partial charge in [0.05, 0.1) is 5.60 Å². The van der Waals surface area contributed by atoms with Crippen LogP contribution >= 0.6 is 0 Å². The Bertz CT molecular complexity index is 349. The summed E-state index contributed by atoms with van der Waals surface area (Å²) in [6.45, 7) is 9.62. The molecule has 0 heterocycles. The number of hydrogen-bond acceptors (Lipinski definition) is 2. The van der Waals surface area contributed by atoms with E-state index in [1.807, 2.05) is 0 Å². The molecular weight excluding hydrogens is 222 g/mol. The lowest BCUT2D eigenvalue weighted by atomic mass is 10.0. The van der Waals surface area contributed by atoms with Crippen LogP contribution in [0.1, 0.15) is 45.2 Å². The highest BCUT2D eigenvalue weighted by atomic mass is 16.5. The first-order chi connectivity index (χ1) is 8.54. The molecule has 1 N–H and O–H groups in total. The molecule has 2 nitrogen and oxygen atoms in total. The summed E-state index contributed by atoms with van der Waals surface area (Å²) in [6.07, 6.45) is 3.15. The molecule has 0 aliphatic rings. The van der Waals surface area contributed by atoms with Crippen molar-refractivity contribution in [1.82, 2.24) is 0 Å². The van der Waals surface area contributed by atoms with E-state index in [-0.39, 0.29) is 5.60 Å². The molecule has 0 aliphatic carbocycles. The maximum Gasteiger partial charge on any atom is 0.0639 e. The van der Waals surface area contributed by atoms with Crippen molar-refractivity contribution in [2.75, 3.05) is 19.0 Å². The van der Waals surface area contributed by atoms with Crippen LogP contribution in [0.15, 0.2) is 18.2 Å². The summed E-state index contributed by atoms with van der Waals surface area (Å²) >= 11 is 0. The summed E-state index contributed by atoms with van der Waals surface area (Å²) in [6, 6.07) is 6.58. The van der Waals surface area contributed by atoms with Crippen LogP contribution in [0, 0.1) is 0 Å². The number of hydrogen-bond donors (Lipinski definition) is 1. The van der Waals surface area contributed by atoms with Crippen LogP contribution in [0.4, 0.5) is 5.69 Å². The molecule has 0 saturated heterocycles. The molecule has 0 bridgehead atoms. The van der Waals surface area contributed by atoms with E-state index in [1.54, 1.807) is 7.11 Å². The van der Waals surface area contributed by atoms with Crippen molar-refractivity contribution in [2.45, 2.75) is 52.6 Å². The minimum Gasteiger partial charge on any atom is -0.384 e. The van der Waals surface area contributed by atoms with E-state index >= 15 is 0 Å². The molecule has 0 aromatic heterocycles. The van der Waals surface area contributed by atoms with Crippen LogP contribution in [-0.4, -0.2) is 19.3 Å². The maximum atomic E-state index is 5.45. The highest BCUT2D eigenvalue weighted by Crippen LogP contribution is 2.23. The van der Waals surface area contributed by atoms with Crippen LogP contribution in [-0.2, 0) is 17.6 Å². The average molecular weight is 249 g/mol. The molecule has 0 amide bonds. The molecule has 0 fully saturated rings. The van der Waals surface area contributed by atoms with Crippen LogP contribution in [0.3, 0.4) is 0 Å². The quantitative estimate of drug-likeness (QED) is 0.787. The fourth-order valence-electron chi connectivity index (χ4n) is 2.06. The number of aryl methyl sites for hydroxylation is 2. The van der Waals surface area contributed by atoms with Gasteiger partial charge in [0.15, 0.2) is 0 Å². The van der Waals surface area contributed by atoms with Gasteiger partial charge in [-0.15, -0.1) is 0 Å². The number of benzene rings is 1. The fourth-order valence-corrected chi connectivity index (χ4v) is 2.06. The first kappa shape index (κ1) is 15.0. The van der Waals surface area contributed by atoms with Crippen LogP contribution in [0.5, 0.6) is 0 Å². The monoisotopic (exact) mass is 249 g/mol. The number of ether oxygens (including phenoxy) is 1. The van der Waals surface area contributed by atoms with Gasteiger partial charge in [-0.1, -0.05) is 32.0 Å². The normalized spacial score (nSPS) is 11.6. The number of para-hydroxylation sites is 1. The smallest absolute Gasteiger partial charge is 0.0639 e. The Labute approximate surface area is 112 Å². The second kappa shape index (κ2) is 6.79. The molecule has 1 aromatic carbocycles. The summed E-state index contributed by atoms with van der Waals surface area (Å²) < 4.78 is 5.45. The van der Waals surface area contributed by atoms with Crippen molar-refractivity contribution in [2.24, 2.45) is 0 Å². The highest BCUT2D eigenvalue weighted by Gasteiger charge is 2.16. The molecule has 102 valence electrons. The van der Waals surface area contributed by atoms with Gasteiger partial charge in [-0.3, -0.25) is 0 Å². The number of rotatable bonds is 7. The first-order valence-electron chi connectivity index (χ1n) is 6.93. The third-order valence-electron chi connectivity index (χ3n) is 3.58. The molecule has 0 atom stereocenters. The van der Waals surface area contributed by atoms with Crippen molar-refractivity contribution >= 4 is 5.69 Å². The van der Waals surface area contributed by atoms with Gasteiger partial charge in [-0.25, -0.2) is 0 Å². The summed E-state index contributed by atoms with van der Waals surface area (Å²) in [5.41, 5.74) is 4.09. The van der Waals surface area contributed by atoms with Gasteiger partial charge in [0.1, 0.15) is 0 Å². The van der Waals surface area contributed by atoms with Gasteiger partial charge in [-0.05, 0) is 44.2 Å². The summed E-state index contributed by atoms with van der Waals surface area (Å²) in [5.74, 6) is 0. The molecular formula is C16H27NO. The minimum absolute atomic E-state index is 0.0550. The third kappa shape index (κ3) is 4.02. The Morgan fingerprint density at radius 1 is 1.11 bits per heavy atom. The lowest BCUT2D eigenvalue weighted by molar-refractivity contribution is 0.0185. The predicted molar refractivity (Wildman–Crippen MR) is 79.4 cm³/mol. The lowest BCUT2D eigenvalue weighted by Gasteiger charge is -2.24. The largest absolute Gasteiger partial charge is 0.384 e. The second-order valence-corrected chi connectivity index (χ2v) is 5.30. The average Bonchev–Trinajstić information content (AvgIpc) is 2.38. The van der Waals surface area contributed by atoms with Crippen molar-refractivity contribution < 1.29 is 4.74 Å². The minimum atomic E-state index is -0.0550. The van der Waals surface area contributed by atoms with Crippen LogP contribution < -0.4 is 5.32 Å². The Kier molecular flexibility index (Phi) is 5.67. The SMILES string of the molecule is CCc1cccc(CC)c1NCCC(C)(C)OC. The van der Waals surface area contributed by atoms with Gasteiger partial charge in [0.2, 0.25) is 0 Å². The molecule has 0 aliphatic heterocycles. The zero-order valence-electron chi connectivity index (χ0n) is 12.5. The standard InChI is InChI=1S/C16H27NO/c1-6-13-9-8-10-14(7-2)15(13)17-12-11-16(3,4)18-5/h8-10,17H,6-7,11-12H2,1-5H3. The van der Waals surface area contributed by atoms with Gasteiger partial charge in [-0.2, -0.15) is 0 Å². The molecule has 0 unspecified atom stereocenters. The molecule has 1 rings (SSSR count). The number of nitrogens with one attached hydrogen (secondary N) is 1. The summed E-state index contributed by atoms with van der Waals surface area (Å²) in [7, 11) is 1.78. The van der Waals surface area contributed by atoms with E-state index in [9.17, 15) is 0 Å². The fraction of sp³-hybridized carbons (Fsp3) is 0.625. The van der Waals surface area contributed by atoms with Crippen molar-refractivity contribution in [1.29, 1.82) is 0 Å². The van der Waals surface area contributed by atoms with Crippen LogP contribution in [0.2, 0.25) is 0 Å². The summed E-state index contributed by atoms with van der Waals surface area (Å²) in [4.78, 5) is 0. The second-order valence-electron chi connectivity index (χ2n) is 5.30. The number of anilines is 1. The Morgan fingerprint density at radius 2 is 1.67 bits per heavy atom. The van der Waals surface area contributed by atoms with Crippen molar-refractivity contribution in [3.05, 3.63) is 29.3 Å². The van der Waals surface area contributed by atoms with E-state index in [4.69, 9.17) is 4.74 Å². The van der Waals surface area contributed by atoms with E-state index in [2.05, 4.69) is 51.2 Å².